The monoisotopic (exact) mass is 504 g/mol. The fraction of sp³-hybridized carbons (Fsp3) is 0.0769. The number of hydrogen-bond acceptors (Lipinski definition) is 6. The quantitative estimate of drug-likeness (QED) is 0.230. The van der Waals surface area contributed by atoms with Gasteiger partial charge in [0.05, 0.1) is 11.4 Å². The summed E-state index contributed by atoms with van der Waals surface area (Å²) in [5, 5.41) is 9.25. The predicted octanol–water partition coefficient (Wildman–Crippen LogP) is 4.40. The second kappa shape index (κ2) is 9.20. The van der Waals surface area contributed by atoms with Gasteiger partial charge in [-0.1, -0.05) is 84.9 Å². The Balaban J connectivity index is 1.43. The molecule has 0 aliphatic carbocycles. The van der Waals surface area contributed by atoms with Crippen molar-refractivity contribution in [1.29, 1.82) is 0 Å². The Morgan fingerprint density at radius 3 is 2.09 bits per heavy atom. The topological polar surface area (TPSA) is 104 Å². The molecule has 0 fully saturated rings. The van der Waals surface area contributed by atoms with Gasteiger partial charge in [0.25, 0.3) is 5.91 Å². The van der Waals surface area contributed by atoms with E-state index in [9.17, 15) is 23.2 Å². The van der Waals surface area contributed by atoms with E-state index >= 15 is 0 Å². The van der Waals surface area contributed by atoms with Gasteiger partial charge in [0, 0.05) is 20.9 Å². The Hall–Kier alpha value is -3.63. The van der Waals surface area contributed by atoms with Crippen LogP contribution in [0.25, 0.3) is 10.4 Å². The van der Waals surface area contributed by atoms with Crippen molar-refractivity contribution < 1.29 is 23.2 Å². The molecular weight excluding hydrogens is 484 g/mol. The minimum Gasteiger partial charge on any atom is -0.289 e. The minimum atomic E-state index is -3.98. The number of nitrogens with zero attached hydrogens (tertiary/aromatic N) is 1. The molecule has 7 nitrogen and oxygen atoms in total. The molecule has 9 heteroatoms. The van der Waals surface area contributed by atoms with E-state index in [4.69, 9.17) is 0 Å². The number of rotatable bonds is 6. The number of carbonyl (C=O) groups is 2. The maximum Gasteiger partial charge on any atom is 0.266 e. The van der Waals surface area contributed by atoms with Gasteiger partial charge >= 0.3 is 0 Å². The molecule has 3 aromatic carbocycles. The van der Waals surface area contributed by atoms with Crippen molar-refractivity contribution in [2.75, 3.05) is 0 Å². The summed E-state index contributed by atoms with van der Waals surface area (Å²) >= 11 is 1.32. The molecule has 1 atom stereocenters. The van der Waals surface area contributed by atoms with Crippen LogP contribution in [0, 0.1) is 0 Å². The van der Waals surface area contributed by atoms with E-state index in [0.29, 0.717) is 21.6 Å². The van der Waals surface area contributed by atoms with Crippen molar-refractivity contribution in [3.05, 3.63) is 113 Å². The molecule has 0 saturated heterocycles. The van der Waals surface area contributed by atoms with Crippen LogP contribution >= 0.6 is 11.3 Å². The highest BCUT2D eigenvalue weighted by Gasteiger charge is 2.44. The number of amides is 1. The molecule has 2 N–H and O–H groups in total. The molecule has 176 valence electrons. The van der Waals surface area contributed by atoms with Gasteiger partial charge in [0.15, 0.2) is 5.78 Å². The van der Waals surface area contributed by atoms with Crippen molar-refractivity contribution in [1.82, 2.24) is 9.79 Å². The first-order valence-corrected chi connectivity index (χ1v) is 13.0. The number of nitrogens with one attached hydrogen (secondary N) is 1. The van der Waals surface area contributed by atoms with Crippen LogP contribution in [0.3, 0.4) is 0 Å². The van der Waals surface area contributed by atoms with Gasteiger partial charge in [0.1, 0.15) is 6.04 Å². The van der Waals surface area contributed by atoms with E-state index in [1.54, 1.807) is 78.3 Å². The Bertz CT molecular complexity index is 1500. The third-order valence-electron chi connectivity index (χ3n) is 5.89. The Morgan fingerprint density at radius 1 is 0.886 bits per heavy atom. The summed E-state index contributed by atoms with van der Waals surface area (Å²) in [4.78, 5) is 26.6. The molecule has 0 spiro atoms. The molecule has 4 aromatic rings. The molecule has 1 aliphatic heterocycles. The molecule has 0 saturated carbocycles. The third kappa shape index (κ3) is 4.19. The first-order valence-electron chi connectivity index (χ1n) is 10.7. The predicted molar refractivity (Wildman–Crippen MR) is 131 cm³/mol. The lowest BCUT2D eigenvalue weighted by Crippen LogP contribution is -2.39. The molecule has 2 heterocycles. The molecule has 1 aliphatic rings. The number of thiophene rings is 1. The van der Waals surface area contributed by atoms with Crippen molar-refractivity contribution in [2.45, 2.75) is 17.5 Å². The van der Waals surface area contributed by atoms with Crippen LogP contribution in [0.2, 0.25) is 0 Å². The molecule has 0 bridgehead atoms. The summed E-state index contributed by atoms with van der Waals surface area (Å²) in [7, 11) is -3.98. The molecule has 1 aromatic heterocycles. The van der Waals surface area contributed by atoms with Crippen molar-refractivity contribution >= 4 is 33.1 Å². The van der Waals surface area contributed by atoms with Gasteiger partial charge in [-0.3, -0.25) is 14.8 Å². The SMILES string of the molecule is O=C(c1ccccc1)c1ccc(-c2cc3c(s2)CN([C@@H](C(=O)NO)c2ccccc2)S3(=O)=O)cc1. The molecular formula is C26H20N2O5S2. The first-order chi connectivity index (χ1) is 16.9. The van der Waals surface area contributed by atoms with E-state index in [1.807, 2.05) is 18.2 Å². The number of ketones is 1. The summed E-state index contributed by atoms with van der Waals surface area (Å²) in [6, 6.07) is 24.9. The standard InChI is InChI=1S/C26H20N2O5S2/c29-25(19-9-5-2-6-10-19)20-13-11-17(12-14-20)21-15-23-22(34-21)16-28(35(23,32)33)24(26(30)27-31)18-7-3-1-4-8-18/h1-15,24,31H,16H2,(H,27,30)/t24-/m1/s1. The third-order valence-corrected chi connectivity index (χ3v) is 9.06. The summed E-state index contributed by atoms with van der Waals surface area (Å²) < 4.78 is 27.9. The number of sulfonamides is 1. The van der Waals surface area contributed by atoms with Crippen LogP contribution in [0.1, 0.15) is 32.4 Å². The van der Waals surface area contributed by atoms with Crippen LogP contribution in [0.4, 0.5) is 0 Å². The summed E-state index contributed by atoms with van der Waals surface area (Å²) in [6.45, 7) is 0.0138. The number of hydrogen-bond donors (Lipinski definition) is 2. The molecule has 35 heavy (non-hydrogen) atoms. The van der Waals surface area contributed by atoms with Crippen LogP contribution < -0.4 is 5.48 Å². The highest BCUT2D eigenvalue weighted by molar-refractivity contribution is 7.89. The Morgan fingerprint density at radius 2 is 1.49 bits per heavy atom. The normalized spacial score (nSPS) is 15.3. The zero-order valence-electron chi connectivity index (χ0n) is 18.3. The van der Waals surface area contributed by atoms with Gasteiger partial charge in [-0.2, -0.15) is 4.31 Å². The zero-order valence-corrected chi connectivity index (χ0v) is 19.9. The molecule has 0 unspecified atom stereocenters. The van der Waals surface area contributed by atoms with Crippen LogP contribution in [0.15, 0.2) is 95.9 Å². The van der Waals surface area contributed by atoms with Gasteiger partial charge in [-0.05, 0) is 17.2 Å². The largest absolute Gasteiger partial charge is 0.289 e. The number of carbonyl (C=O) groups excluding carboxylic acids is 2. The maximum atomic E-state index is 13.4. The van der Waals surface area contributed by atoms with Crippen LogP contribution in [-0.2, 0) is 21.4 Å². The fourth-order valence-electron chi connectivity index (χ4n) is 4.15. The van der Waals surface area contributed by atoms with E-state index in [0.717, 1.165) is 14.7 Å². The highest BCUT2D eigenvalue weighted by Crippen LogP contribution is 2.44. The smallest absolute Gasteiger partial charge is 0.266 e. The summed E-state index contributed by atoms with van der Waals surface area (Å²) in [6.07, 6.45) is 0. The zero-order chi connectivity index (χ0) is 24.6. The van der Waals surface area contributed by atoms with Gasteiger partial charge in [-0.25, -0.2) is 13.9 Å². The fourth-order valence-corrected chi connectivity index (χ4v) is 7.47. The van der Waals surface area contributed by atoms with Crippen LogP contribution in [-0.4, -0.2) is 29.6 Å². The molecule has 1 amide bonds. The lowest BCUT2D eigenvalue weighted by atomic mass is 10.0. The lowest BCUT2D eigenvalue weighted by molar-refractivity contribution is -0.133. The Kier molecular flexibility index (Phi) is 6.08. The second-order valence-corrected chi connectivity index (χ2v) is 11.0. The van der Waals surface area contributed by atoms with E-state index in [1.165, 1.54) is 11.3 Å². The lowest BCUT2D eigenvalue weighted by Gasteiger charge is -2.25. The average molecular weight is 505 g/mol. The van der Waals surface area contributed by atoms with Gasteiger partial charge in [0.2, 0.25) is 10.0 Å². The summed E-state index contributed by atoms with van der Waals surface area (Å²) in [5.74, 6) is -0.910. The Labute approximate surface area is 206 Å². The number of benzene rings is 3. The van der Waals surface area contributed by atoms with Crippen molar-refractivity contribution in [3.8, 4) is 10.4 Å². The number of fused-ring (bicyclic) bond motifs is 1. The van der Waals surface area contributed by atoms with Gasteiger partial charge < -0.3 is 0 Å². The number of hydroxylamine groups is 1. The van der Waals surface area contributed by atoms with E-state index in [2.05, 4.69) is 0 Å². The van der Waals surface area contributed by atoms with Crippen LogP contribution in [0.5, 0.6) is 0 Å². The van der Waals surface area contributed by atoms with E-state index in [-0.39, 0.29) is 17.2 Å². The van der Waals surface area contributed by atoms with E-state index < -0.39 is 22.0 Å². The first kappa shape index (κ1) is 23.1. The van der Waals surface area contributed by atoms with Crippen molar-refractivity contribution in [3.63, 3.8) is 0 Å². The molecule has 5 rings (SSSR count). The minimum absolute atomic E-state index is 0.0138. The second-order valence-electron chi connectivity index (χ2n) is 8.01. The van der Waals surface area contributed by atoms with Crippen molar-refractivity contribution in [2.24, 2.45) is 0 Å². The maximum absolute atomic E-state index is 13.4. The average Bonchev–Trinajstić information content (AvgIpc) is 3.43. The highest BCUT2D eigenvalue weighted by atomic mass is 32.2. The summed E-state index contributed by atoms with van der Waals surface area (Å²) in [5.41, 5.74) is 3.99. The molecule has 0 radical (unpaired) electrons. The van der Waals surface area contributed by atoms with Gasteiger partial charge in [-0.15, -0.1) is 11.3 Å².